The van der Waals surface area contributed by atoms with Crippen LogP contribution in [0.1, 0.15) is 18.4 Å². The molecule has 2 N–H and O–H groups in total. The Morgan fingerprint density at radius 2 is 1.88 bits per heavy atom. The van der Waals surface area contributed by atoms with Crippen molar-refractivity contribution in [1.82, 2.24) is 9.88 Å². The third kappa shape index (κ3) is 2.61. The average Bonchev–Trinajstić information content (AvgIpc) is 2.97. The van der Waals surface area contributed by atoms with Crippen LogP contribution in [0, 0.1) is 6.92 Å². The van der Waals surface area contributed by atoms with Crippen molar-refractivity contribution in [2.45, 2.75) is 19.8 Å². The van der Waals surface area contributed by atoms with Gasteiger partial charge in [-0.15, -0.1) is 0 Å². The second-order valence-electron chi connectivity index (χ2n) is 4.53. The standard InChI is InChI=1S/C10H11NO.C4H9N/c1-7-8-5-6-11(2)9(8)3-4-10(7)12;1-2-4-5-3-1/h3-6,12H,1-2H3;5H,1-4H2. The third-order valence-electron chi connectivity index (χ3n) is 3.27. The Morgan fingerprint density at radius 1 is 1.18 bits per heavy atom. The van der Waals surface area contributed by atoms with E-state index in [0.717, 1.165) is 16.5 Å². The number of phenols is 1. The highest BCUT2D eigenvalue weighted by Crippen LogP contribution is 2.26. The summed E-state index contributed by atoms with van der Waals surface area (Å²) in [5.74, 6) is 0.369. The minimum absolute atomic E-state index is 0.369. The molecule has 3 heteroatoms. The Hall–Kier alpha value is -1.48. The van der Waals surface area contributed by atoms with Gasteiger partial charge in [0.1, 0.15) is 5.75 Å². The zero-order chi connectivity index (χ0) is 12.3. The van der Waals surface area contributed by atoms with Crippen molar-refractivity contribution in [1.29, 1.82) is 0 Å². The van der Waals surface area contributed by atoms with Gasteiger partial charge in [0.15, 0.2) is 0 Å². The lowest BCUT2D eigenvalue weighted by Crippen LogP contribution is -2.03. The maximum Gasteiger partial charge on any atom is 0.119 e. The fraction of sp³-hybridized carbons (Fsp3) is 0.429. The molecule has 1 saturated heterocycles. The summed E-state index contributed by atoms with van der Waals surface area (Å²) in [6.07, 6.45) is 4.77. The number of benzene rings is 1. The van der Waals surface area contributed by atoms with Crippen molar-refractivity contribution in [3.05, 3.63) is 30.0 Å². The van der Waals surface area contributed by atoms with E-state index in [1.54, 1.807) is 6.07 Å². The molecule has 0 bridgehead atoms. The van der Waals surface area contributed by atoms with Gasteiger partial charge in [0.2, 0.25) is 0 Å². The molecule has 0 atom stereocenters. The van der Waals surface area contributed by atoms with Crippen molar-refractivity contribution >= 4 is 10.9 Å². The number of nitrogens with one attached hydrogen (secondary N) is 1. The first-order valence-electron chi connectivity index (χ1n) is 6.14. The summed E-state index contributed by atoms with van der Waals surface area (Å²) in [4.78, 5) is 0. The van der Waals surface area contributed by atoms with Crippen LogP contribution in [-0.4, -0.2) is 22.8 Å². The second-order valence-corrected chi connectivity index (χ2v) is 4.53. The highest BCUT2D eigenvalue weighted by atomic mass is 16.3. The van der Waals surface area contributed by atoms with Crippen LogP contribution in [0.3, 0.4) is 0 Å². The molecule has 92 valence electrons. The van der Waals surface area contributed by atoms with E-state index in [0.29, 0.717) is 5.75 Å². The fourth-order valence-corrected chi connectivity index (χ4v) is 2.11. The molecule has 0 amide bonds. The van der Waals surface area contributed by atoms with Crippen LogP contribution in [0.25, 0.3) is 10.9 Å². The molecule has 2 aromatic rings. The van der Waals surface area contributed by atoms with Gasteiger partial charge < -0.3 is 15.0 Å². The molecule has 1 aliphatic heterocycles. The lowest BCUT2D eigenvalue weighted by atomic mass is 10.1. The summed E-state index contributed by atoms with van der Waals surface area (Å²) in [5.41, 5.74) is 2.11. The zero-order valence-electron chi connectivity index (χ0n) is 10.5. The molecular weight excluding hydrogens is 212 g/mol. The normalized spacial score (nSPS) is 14.7. The predicted molar refractivity (Wildman–Crippen MR) is 71.4 cm³/mol. The molecule has 3 rings (SSSR count). The van der Waals surface area contributed by atoms with Crippen LogP contribution in [0.5, 0.6) is 5.75 Å². The first-order valence-corrected chi connectivity index (χ1v) is 6.14. The van der Waals surface area contributed by atoms with E-state index in [2.05, 4.69) is 5.32 Å². The maximum atomic E-state index is 9.42. The van der Waals surface area contributed by atoms with Gasteiger partial charge in [-0.1, -0.05) is 0 Å². The van der Waals surface area contributed by atoms with Crippen molar-refractivity contribution < 1.29 is 5.11 Å². The summed E-state index contributed by atoms with van der Waals surface area (Å²) in [7, 11) is 2.00. The Morgan fingerprint density at radius 3 is 2.47 bits per heavy atom. The minimum Gasteiger partial charge on any atom is -0.508 e. The highest BCUT2D eigenvalue weighted by Gasteiger charge is 2.03. The number of aromatic hydroxyl groups is 1. The molecular formula is C14H20N2O. The molecule has 0 aliphatic carbocycles. The number of fused-ring (bicyclic) bond motifs is 1. The molecule has 1 aromatic heterocycles. The SMILES string of the molecule is C1CCNC1.Cc1c(O)ccc2c1ccn2C. The predicted octanol–water partition coefficient (Wildman–Crippen LogP) is 2.56. The summed E-state index contributed by atoms with van der Waals surface area (Å²) < 4.78 is 2.04. The molecule has 3 nitrogen and oxygen atoms in total. The van der Waals surface area contributed by atoms with Gasteiger partial charge in [0, 0.05) is 29.7 Å². The van der Waals surface area contributed by atoms with Crippen molar-refractivity contribution in [3.8, 4) is 5.75 Å². The Balaban J connectivity index is 0.000000181. The van der Waals surface area contributed by atoms with Gasteiger partial charge >= 0.3 is 0 Å². The zero-order valence-corrected chi connectivity index (χ0v) is 10.5. The quantitative estimate of drug-likeness (QED) is 0.732. The lowest BCUT2D eigenvalue weighted by molar-refractivity contribution is 0.472. The molecule has 0 radical (unpaired) electrons. The molecule has 0 unspecified atom stereocenters. The number of hydrogen-bond acceptors (Lipinski definition) is 2. The Labute approximate surface area is 102 Å². The minimum atomic E-state index is 0.369. The topological polar surface area (TPSA) is 37.2 Å². The number of aryl methyl sites for hydroxylation is 2. The molecule has 1 aromatic carbocycles. The number of aromatic nitrogens is 1. The Kier molecular flexibility index (Phi) is 3.69. The number of hydrogen-bond donors (Lipinski definition) is 2. The first kappa shape index (κ1) is 12.0. The van der Waals surface area contributed by atoms with Crippen molar-refractivity contribution in [3.63, 3.8) is 0 Å². The smallest absolute Gasteiger partial charge is 0.119 e. The van der Waals surface area contributed by atoms with Gasteiger partial charge in [0.05, 0.1) is 0 Å². The van der Waals surface area contributed by atoms with Crippen LogP contribution in [0.4, 0.5) is 0 Å². The number of nitrogens with zero attached hydrogens (tertiary/aromatic N) is 1. The monoisotopic (exact) mass is 232 g/mol. The molecule has 1 aliphatic rings. The van der Waals surface area contributed by atoms with Crippen LogP contribution in [0.2, 0.25) is 0 Å². The van der Waals surface area contributed by atoms with Crippen LogP contribution >= 0.6 is 0 Å². The van der Waals surface area contributed by atoms with E-state index in [1.807, 2.05) is 36.9 Å². The maximum absolute atomic E-state index is 9.42. The van der Waals surface area contributed by atoms with Crippen LogP contribution in [0.15, 0.2) is 24.4 Å². The fourth-order valence-electron chi connectivity index (χ4n) is 2.11. The first-order chi connectivity index (χ1) is 8.20. The molecule has 2 heterocycles. The third-order valence-corrected chi connectivity index (χ3v) is 3.27. The van der Waals surface area contributed by atoms with E-state index in [-0.39, 0.29) is 0 Å². The van der Waals surface area contributed by atoms with Gasteiger partial charge in [-0.3, -0.25) is 0 Å². The summed E-state index contributed by atoms with van der Waals surface area (Å²) in [6.45, 7) is 4.43. The van der Waals surface area contributed by atoms with E-state index in [1.165, 1.54) is 25.9 Å². The lowest BCUT2D eigenvalue weighted by Gasteiger charge is -2.00. The molecule has 0 saturated carbocycles. The number of phenolic OH excluding ortho intramolecular Hbond substituents is 1. The van der Waals surface area contributed by atoms with Gasteiger partial charge in [-0.05, 0) is 51.1 Å². The van der Waals surface area contributed by atoms with Crippen LogP contribution in [-0.2, 0) is 7.05 Å². The summed E-state index contributed by atoms with van der Waals surface area (Å²) in [6, 6.07) is 5.68. The molecule has 1 fully saturated rings. The summed E-state index contributed by atoms with van der Waals surface area (Å²) in [5, 5.41) is 13.8. The Bertz CT molecular complexity index is 491. The molecule has 17 heavy (non-hydrogen) atoms. The highest BCUT2D eigenvalue weighted by molar-refractivity contribution is 5.85. The van der Waals surface area contributed by atoms with E-state index >= 15 is 0 Å². The van der Waals surface area contributed by atoms with E-state index < -0.39 is 0 Å². The van der Waals surface area contributed by atoms with Gasteiger partial charge in [-0.25, -0.2) is 0 Å². The second kappa shape index (κ2) is 5.23. The van der Waals surface area contributed by atoms with E-state index in [4.69, 9.17) is 0 Å². The largest absolute Gasteiger partial charge is 0.508 e. The van der Waals surface area contributed by atoms with Crippen LogP contribution < -0.4 is 5.32 Å². The van der Waals surface area contributed by atoms with Crippen molar-refractivity contribution in [2.24, 2.45) is 7.05 Å². The van der Waals surface area contributed by atoms with E-state index in [9.17, 15) is 5.11 Å². The van der Waals surface area contributed by atoms with Gasteiger partial charge in [-0.2, -0.15) is 0 Å². The summed E-state index contributed by atoms with van der Waals surface area (Å²) >= 11 is 0. The molecule has 0 spiro atoms. The van der Waals surface area contributed by atoms with Crippen molar-refractivity contribution in [2.75, 3.05) is 13.1 Å². The number of rotatable bonds is 0. The average molecular weight is 232 g/mol. The van der Waals surface area contributed by atoms with Gasteiger partial charge in [0.25, 0.3) is 0 Å².